The average Bonchev–Trinajstić information content (AvgIpc) is 2.88. The van der Waals surface area contributed by atoms with Crippen LogP contribution in [0.15, 0.2) is 0 Å². The Bertz CT molecular complexity index is 388. The molecule has 2 unspecified atom stereocenters. The lowest BCUT2D eigenvalue weighted by Gasteiger charge is -2.33. The van der Waals surface area contributed by atoms with Gasteiger partial charge in [-0.3, -0.25) is 0 Å². The van der Waals surface area contributed by atoms with E-state index in [9.17, 15) is 8.42 Å². The van der Waals surface area contributed by atoms with Gasteiger partial charge in [-0.25, -0.2) is 0 Å². The second-order valence-corrected chi connectivity index (χ2v) is 7.51. The van der Waals surface area contributed by atoms with Crippen LogP contribution in [0.3, 0.4) is 0 Å². The normalized spacial score (nSPS) is 30.8. The predicted molar refractivity (Wildman–Crippen MR) is 73.8 cm³/mol. The first kappa shape index (κ1) is 15.2. The summed E-state index contributed by atoms with van der Waals surface area (Å²) in [5.74, 6) is 0.635. The summed E-state index contributed by atoms with van der Waals surface area (Å²) >= 11 is 0. The monoisotopic (exact) mass is 291 g/mol. The first-order valence-electron chi connectivity index (χ1n) is 7.02. The molecular weight excluding hydrogens is 266 g/mol. The maximum Gasteiger partial charge on any atom is 0.281 e. The highest BCUT2D eigenvalue weighted by molar-refractivity contribution is 7.86. The van der Waals surface area contributed by atoms with Crippen LogP contribution in [-0.2, 0) is 14.9 Å². The predicted octanol–water partition coefficient (Wildman–Crippen LogP) is -0.130. The molecule has 2 N–H and O–H groups in total. The van der Waals surface area contributed by atoms with Gasteiger partial charge in [-0.05, 0) is 37.6 Å². The Morgan fingerprint density at radius 1 is 1.16 bits per heavy atom. The van der Waals surface area contributed by atoms with E-state index in [1.165, 1.54) is 0 Å². The number of rotatable bonds is 5. The van der Waals surface area contributed by atoms with E-state index < -0.39 is 10.2 Å². The van der Waals surface area contributed by atoms with Gasteiger partial charge < -0.3 is 10.5 Å². The van der Waals surface area contributed by atoms with Crippen LogP contribution >= 0.6 is 0 Å². The van der Waals surface area contributed by atoms with Gasteiger partial charge in [-0.15, -0.1) is 0 Å². The van der Waals surface area contributed by atoms with E-state index in [4.69, 9.17) is 10.5 Å². The molecule has 0 bridgehead atoms. The van der Waals surface area contributed by atoms with Gasteiger partial charge in [0.25, 0.3) is 10.2 Å². The van der Waals surface area contributed by atoms with Crippen LogP contribution in [0.2, 0.25) is 0 Å². The summed E-state index contributed by atoms with van der Waals surface area (Å²) in [5.41, 5.74) is 5.67. The molecule has 2 heterocycles. The van der Waals surface area contributed by atoms with Crippen molar-refractivity contribution < 1.29 is 13.2 Å². The molecule has 0 aromatic heterocycles. The molecule has 0 radical (unpaired) electrons. The topological polar surface area (TPSA) is 75.9 Å². The van der Waals surface area contributed by atoms with Crippen LogP contribution in [0, 0.1) is 11.8 Å². The van der Waals surface area contributed by atoms with Crippen molar-refractivity contribution in [2.75, 3.05) is 46.4 Å². The minimum atomic E-state index is -3.30. The molecule has 19 heavy (non-hydrogen) atoms. The summed E-state index contributed by atoms with van der Waals surface area (Å²) in [6.45, 7) is 3.60. The zero-order chi connectivity index (χ0) is 13.9. The second-order valence-electron chi connectivity index (χ2n) is 5.58. The van der Waals surface area contributed by atoms with Crippen LogP contribution in [0.1, 0.15) is 19.3 Å². The molecule has 0 aliphatic carbocycles. The van der Waals surface area contributed by atoms with Crippen molar-refractivity contribution in [3.05, 3.63) is 0 Å². The molecule has 0 aromatic rings. The Labute approximate surface area is 116 Å². The molecule has 2 atom stereocenters. The molecule has 2 aliphatic rings. The molecule has 0 amide bonds. The van der Waals surface area contributed by atoms with Gasteiger partial charge in [0, 0.05) is 33.3 Å². The van der Waals surface area contributed by atoms with E-state index in [2.05, 4.69) is 0 Å². The fraction of sp³-hybridized carbons (Fsp3) is 1.00. The van der Waals surface area contributed by atoms with Crippen molar-refractivity contribution in [1.29, 1.82) is 0 Å². The summed E-state index contributed by atoms with van der Waals surface area (Å²) in [7, 11) is -1.64. The van der Waals surface area contributed by atoms with E-state index in [1.807, 2.05) is 0 Å². The molecule has 0 spiro atoms. The quantitative estimate of drug-likeness (QED) is 0.765. The summed E-state index contributed by atoms with van der Waals surface area (Å²) < 4.78 is 33.5. The number of piperidine rings is 1. The van der Waals surface area contributed by atoms with E-state index in [0.717, 1.165) is 19.3 Å². The molecule has 0 aromatic carbocycles. The minimum Gasteiger partial charge on any atom is -0.384 e. The van der Waals surface area contributed by atoms with Gasteiger partial charge in [0.05, 0.1) is 6.61 Å². The SMILES string of the molecule is COCC1CCN(S(=O)(=O)N2CCCC(CN)C2)C1. The zero-order valence-electron chi connectivity index (χ0n) is 11.6. The summed E-state index contributed by atoms with van der Waals surface area (Å²) in [6.07, 6.45) is 2.84. The smallest absolute Gasteiger partial charge is 0.281 e. The Kier molecular flexibility index (Phi) is 5.19. The van der Waals surface area contributed by atoms with Crippen molar-refractivity contribution in [3.63, 3.8) is 0 Å². The highest BCUT2D eigenvalue weighted by Crippen LogP contribution is 2.25. The third-order valence-corrected chi connectivity index (χ3v) is 6.09. The third kappa shape index (κ3) is 3.46. The number of hydrogen-bond acceptors (Lipinski definition) is 4. The van der Waals surface area contributed by atoms with Crippen LogP contribution in [0.25, 0.3) is 0 Å². The molecule has 2 fully saturated rings. The Morgan fingerprint density at radius 2 is 1.84 bits per heavy atom. The second kappa shape index (κ2) is 6.49. The van der Waals surface area contributed by atoms with Crippen molar-refractivity contribution in [2.24, 2.45) is 17.6 Å². The van der Waals surface area contributed by atoms with Crippen LogP contribution < -0.4 is 5.73 Å². The lowest BCUT2D eigenvalue weighted by molar-refractivity contribution is 0.157. The molecule has 112 valence electrons. The van der Waals surface area contributed by atoms with Crippen molar-refractivity contribution in [1.82, 2.24) is 8.61 Å². The van der Waals surface area contributed by atoms with Crippen LogP contribution in [0.5, 0.6) is 0 Å². The van der Waals surface area contributed by atoms with Crippen molar-refractivity contribution in [3.8, 4) is 0 Å². The van der Waals surface area contributed by atoms with Crippen LogP contribution in [0.4, 0.5) is 0 Å². The summed E-state index contributed by atoms with van der Waals surface area (Å²) in [4.78, 5) is 0. The molecule has 0 saturated carbocycles. The van der Waals surface area contributed by atoms with Crippen molar-refractivity contribution in [2.45, 2.75) is 19.3 Å². The number of hydrogen-bond donors (Lipinski definition) is 1. The van der Waals surface area contributed by atoms with Gasteiger partial charge in [-0.2, -0.15) is 17.0 Å². The Balaban J connectivity index is 1.98. The first-order chi connectivity index (χ1) is 9.07. The number of ether oxygens (including phenoxy) is 1. The lowest BCUT2D eigenvalue weighted by Crippen LogP contribution is -2.48. The largest absolute Gasteiger partial charge is 0.384 e. The number of methoxy groups -OCH3 is 1. The fourth-order valence-electron chi connectivity index (χ4n) is 2.97. The van der Waals surface area contributed by atoms with E-state index in [-0.39, 0.29) is 0 Å². The molecule has 2 saturated heterocycles. The average molecular weight is 291 g/mol. The van der Waals surface area contributed by atoms with Crippen LogP contribution in [-0.4, -0.2) is 63.5 Å². The standard InChI is InChI=1S/C12H25N3O3S/c1-18-10-12-4-6-15(9-12)19(16,17)14-5-2-3-11(7-13)8-14/h11-12H,2-10,13H2,1H3. The summed E-state index contributed by atoms with van der Waals surface area (Å²) in [5, 5.41) is 0. The molecule has 7 heteroatoms. The van der Waals surface area contributed by atoms with Gasteiger partial charge in [0.1, 0.15) is 0 Å². The van der Waals surface area contributed by atoms with E-state index in [0.29, 0.717) is 51.2 Å². The highest BCUT2D eigenvalue weighted by atomic mass is 32.2. The maximum absolute atomic E-state index is 12.6. The van der Waals surface area contributed by atoms with E-state index >= 15 is 0 Å². The van der Waals surface area contributed by atoms with Gasteiger partial charge in [0.2, 0.25) is 0 Å². The number of nitrogens with zero attached hydrogens (tertiary/aromatic N) is 2. The van der Waals surface area contributed by atoms with Crippen molar-refractivity contribution >= 4 is 10.2 Å². The van der Waals surface area contributed by atoms with Gasteiger partial charge in [0.15, 0.2) is 0 Å². The third-order valence-electron chi connectivity index (χ3n) is 4.12. The first-order valence-corrected chi connectivity index (χ1v) is 8.42. The highest BCUT2D eigenvalue weighted by Gasteiger charge is 2.37. The maximum atomic E-state index is 12.6. The lowest BCUT2D eigenvalue weighted by atomic mass is 10.0. The minimum absolute atomic E-state index is 0.306. The summed E-state index contributed by atoms with van der Waals surface area (Å²) in [6, 6.07) is 0. The van der Waals surface area contributed by atoms with Gasteiger partial charge in [-0.1, -0.05) is 0 Å². The Morgan fingerprint density at radius 3 is 2.53 bits per heavy atom. The van der Waals surface area contributed by atoms with E-state index in [1.54, 1.807) is 15.7 Å². The fourth-order valence-corrected chi connectivity index (χ4v) is 4.79. The van der Waals surface area contributed by atoms with Gasteiger partial charge >= 0.3 is 0 Å². The number of nitrogens with two attached hydrogens (primary N) is 1. The molecule has 2 aliphatic heterocycles. The Hall–Kier alpha value is -0.210. The zero-order valence-corrected chi connectivity index (χ0v) is 12.4. The molecule has 2 rings (SSSR count). The molecule has 6 nitrogen and oxygen atoms in total. The molecular formula is C12H25N3O3S.